The van der Waals surface area contributed by atoms with Crippen LogP contribution in [-0.4, -0.2) is 40.9 Å². The highest BCUT2D eigenvalue weighted by Gasteiger charge is 2.26. The van der Waals surface area contributed by atoms with Crippen molar-refractivity contribution >= 4 is 34.7 Å². The fraction of sp³-hybridized carbons (Fsp3) is 0.381. The summed E-state index contributed by atoms with van der Waals surface area (Å²) < 4.78 is 0. The molecule has 10 nitrogen and oxygen atoms in total. The Kier molecular flexibility index (Phi) is 5.70. The number of nitrogens with two attached hydrogens (primary N) is 1. The number of amides is 2. The molecule has 2 fully saturated rings. The van der Waals surface area contributed by atoms with Crippen LogP contribution >= 0.6 is 0 Å². The first-order valence-corrected chi connectivity index (χ1v) is 10.3. The van der Waals surface area contributed by atoms with Crippen LogP contribution in [0, 0.1) is 16.0 Å². The molecule has 0 bridgehead atoms. The molecule has 1 aliphatic carbocycles. The molecule has 1 unspecified atom stereocenters. The van der Waals surface area contributed by atoms with E-state index >= 15 is 0 Å². The van der Waals surface area contributed by atoms with Crippen LogP contribution in [0.1, 0.15) is 36.0 Å². The van der Waals surface area contributed by atoms with E-state index in [4.69, 9.17) is 5.73 Å². The van der Waals surface area contributed by atoms with E-state index < -0.39 is 10.8 Å². The molecule has 2 heterocycles. The SMILES string of the molecule is NC(=O)C1CCCN(c2ccc(NC(=O)c3ccc(NC4CC4)c([N+](=O)[O-])c3)cn2)C1. The molecular weight excluding hydrogens is 400 g/mol. The maximum atomic E-state index is 12.6. The molecule has 1 atom stereocenters. The van der Waals surface area contributed by atoms with Gasteiger partial charge in [-0.2, -0.15) is 0 Å². The van der Waals surface area contributed by atoms with Crippen molar-refractivity contribution in [3.8, 4) is 0 Å². The Labute approximate surface area is 179 Å². The molecule has 2 amide bonds. The highest BCUT2D eigenvalue weighted by atomic mass is 16.6. The number of benzene rings is 1. The van der Waals surface area contributed by atoms with Crippen molar-refractivity contribution in [1.82, 2.24) is 4.98 Å². The molecule has 2 aromatic rings. The van der Waals surface area contributed by atoms with Crippen LogP contribution < -0.4 is 21.3 Å². The van der Waals surface area contributed by atoms with Gasteiger partial charge >= 0.3 is 0 Å². The van der Waals surface area contributed by atoms with Crippen molar-refractivity contribution in [2.45, 2.75) is 31.7 Å². The van der Waals surface area contributed by atoms with E-state index in [1.165, 1.54) is 12.3 Å². The minimum Gasteiger partial charge on any atom is -0.377 e. The van der Waals surface area contributed by atoms with Gasteiger partial charge in [0.2, 0.25) is 5.91 Å². The maximum Gasteiger partial charge on any atom is 0.293 e. The molecule has 2 aliphatic rings. The molecule has 0 spiro atoms. The standard InChI is InChI=1S/C21H24N6O4/c22-20(28)14-2-1-9-26(12-14)19-8-6-16(11-23-19)25-21(29)13-3-7-17(24-15-4-5-15)18(10-13)27(30)31/h3,6-8,10-11,14-15,24H,1-2,4-5,9,12H2,(H2,22,28)(H,25,29). The third-order valence-electron chi connectivity index (χ3n) is 5.55. The number of nitrogens with zero attached hydrogens (tertiary/aromatic N) is 3. The lowest BCUT2D eigenvalue weighted by atomic mass is 9.97. The van der Waals surface area contributed by atoms with Gasteiger partial charge in [0.05, 0.1) is 22.7 Å². The zero-order valence-electron chi connectivity index (χ0n) is 16.9. The lowest BCUT2D eigenvalue weighted by Gasteiger charge is -2.32. The molecule has 162 valence electrons. The summed E-state index contributed by atoms with van der Waals surface area (Å²) in [7, 11) is 0. The Morgan fingerprint density at radius 2 is 2.00 bits per heavy atom. The molecular formula is C21H24N6O4. The number of nitrogens with one attached hydrogen (secondary N) is 2. The fourth-order valence-corrected chi connectivity index (χ4v) is 3.66. The van der Waals surface area contributed by atoms with E-state index in [-0.39, 0.29) is 29.1 Å². The Morgan fingerprint density at radius 1 is 1.19 bits per heavy atom. The number of aromatic nitrogens is 1. The van der Waals surface area contributed by atoms with Crippen LogP contribution in [0.3, 0.4) is 0 Å². The molecule has 10 heteroatoms. The average molecular weight is 424 g/mol. The monoisotopic (exact) mass is 424 g/mol. The summed E-state index contributed by atoms with van der Waals surface area (Å²) in [4.78, 5) is 41.4. The zero-order chi connectivity index (χ0) is 22.0. The van der Waals surface area contributed by atoms with Gasteiger partial charge in [0.15, 0.2) is 0 Å². The quantitative estimate of drug-likeness (QED) is 0.457. The number of hydrogen-bond acceptors (Lipinski definition) is 7. The van der Waals surface area contributed by atoms with Crippen LogP contribution in [0.4, 0.5) is 22.9 Å². The van der Waals surface area contributed by atoms with Crippen molar-refractivity contribution < 1.29 is 14.5 Å². The number of hydrogen-bond donors (Lipinski definition) is 3. The number of anilines is 3. The van der Waals surface area contributed by atoms with E-state index in [2.05, 4.69) is 15.6 Å². The summed E-state index contributed by atoms with van der Waals surface area (Å²) in [5.74, 6) is -0.249. The maximum absolute atomic E-state index is 12.6. The first-order chi connectivity index (χ1) is 14.9. The predicted molar refractivity (Wildman–Crippen MR) is 116 cm³/mol. The first-order valence-electron chi connectivity index (χ1n) is 10.3. The summed E-state index contributed by atoms with van der Waals surface area (Å²) in [5, 5.41) is 17.2. The molecule has 4 rings (SSSR count). The molecule has 31 heavy (non-hydrogen) atoms. The highest BCUT2D eigenvalue weighted by molar-refractivity contribution is 6.05. The van der Waals surface area contributed by atoms with Gasteiger partial charge in [0, 0.05) is 30.8 Å². The van der Waals surface area contributed by atoms with Crippen LogP contribution in [0.25, 0.3) is 0 Å². The largest absolute Gasteiger partial charge is 0.377 e. The van der Waals surface area contributed by atoms with E-state index in [1.54, 1.807) is 24.3 Å². The van der Waals surface area contributed by atoms with Gasteiger partial charge in [0.25, 0.3) is 11.6 Å². The third-order valence-corrected chi connectivity index (χ3v) is 5.55. The van der Waals surface area contributed by atoms with Gasteiger partial charge < -0.3 is 21.3 Å². The van der Waals surface area contributed by atoms with Crippen LogP contribution in [-0.2, 0) is 4.79 Å². The summed E-state index contributed by atoms with van der Waals surface area (Å²) in [6.45, 7) is 1.31. The van der Waals surface area contributed by atoms with Crippen LogP contribution in [0.5, 0.6) is 0 Å². The molecule has 1 aliphatic heterocycles. The van der Waals surface area contributed by atoms with E-state index in [1.807, 2.05) is 4.90 Å². The van der Waals surface area contributed by atoms with Crippen LogP contribution in [0.2, 0.25) is 0 Å². The molecule has 1 saturated heterocycles. The zero-order valence-corrected chi connectivity index (χ0v) is 16.9. The predicted octanol–water partition coefficient (Wildman–Crippen LogP) is 2.52. The number of piperidine rings is 1. The molecule has 0 radical (unpaired) electrons. The second kappa shape index (κ2) is 8.58. The summed E-state index contributed by atoms with van der Waals surface area (Å²) in [6, 6.07) is 8.15. The van der Waals surface area contributed by atoms with Crippen molar-refractivity contribution in [1.29, 1.82) is 0 Å². The second-order valence-corrected chi connectivity index (χ2v) is 7.95. The second-order valence-electron chi connectivity index (χ2n) is 7.95. The Morgan fingerprint density at radius 3 is 2.65 bits per heavy atom. The van der Waals surface area contributed by atoms with E-state index in [0.29, 0.717) is 23.7 Å². The lowest BCUT2D eigenvalue weighted by molar-refractivity contribution is -0.384. The fourth-order valence-electron chi connectivity index (χ4n) is 3.66. The van der Waals surface area contributed by atoms with Gasteiger partial charge in [-0.05, 0) is 49.9 Å². The third kappa shape index (κ3) is 4.90. The van der Waals surface area contributed by atoms with E-state index in [0.717, 1.165) is 32.2 Å². The van der Waals surface area contributed by atoms with Crippen molar-refractivity contribution in [2.24, 2.45) is 11.7 Å². The highest BCUT2D eigenvalue weighted by Crippen LogP contribution is 2.31. The van der Waals surface area contributed by atoms with Crippen molar-refractivity contribution in [3.05, 3.63) is 52.2 Å². The number of rotatable bonds is 7. The smallest absolute Gasteiger partial charge is 0.293 e. The van der Waals surface area contributed by atoms with Crippen molar-refractivity contribution in [2.75, 3.05) is 28.6 Å². The summed E-state index contributed by atoms with van der Waals surface area (Å²) in [6.07, 6.45) is 5.14. The topological polar surface area (TPSA) is 143 Å². The Bertz CT molecular complexity index is 1010. The number of primary amides is 1. The Balaban J connectivity index is 1.43. The molecule has 1 aromatic carbocycles. The average Bonchev–Trinajstić information content (AvgIpc) is 3.58. The van der Waals surface area contributed by atoms with Crippen LogP contribution in [0.15, 0.2) is 36.5 Å². The number of nitro benzene ring substituents is 1. The van der Waals surface area contributed by atoms with Gasteiger partial charge in [-0.15, -0.1) is 0 Å². The molecule has 1 saturated carbocycles. The molecule has 4 N–H and O–H groups in total. The van der Waals surface area contributed by atoms with Gasteiger partial charge in [-0.1, -0.05) is 0 Å². The summed E-state index contributed by atoms with van der Waals surface area (Å²) in [5.41, 5.74) is 6.39. The number of carbonyl (C=O) groups excluding carboxylic acids is 2. The number of nitro groups is 1. The number of carbonyl (C=O) groups is 2. The summed E-state index contributed by atoms with van der Waals surface area (Å²) >= 11 is 0. The minimum absolute atomic E-state index is 0.123. The van der Waals surface area contributed by atoms with Crippen molar-refractivity contribution in [3.63, 3.8) is 0 Å². The lowest BCUT2D eigenvalue weighted by Crippen LogP contribution is -2.41. The number of pyridine rings is 1. The van der Waals surface area contributed by atoms with Gasteiger partial charge in [0.1, 0.15) is 11.5 Å². The minimum atomic E-state index is -0.490. The first kappa shape index (κ1) is 20.6. The molecule has 1 aromatic heterocycles. The van der Waals surface area contributed by atoms with E-state index in [9.17, 15) is 19.7 Å². The normalized spacial score (nSPS) is 18.3. The Hall–Kier alpha value is -3.69. The van der Waals surface area contributed by atoms with Gasteiger partial charge in [-0.25, -0.2) is 4.98 Å². The van der Waals surface area contributed by atoms with Gasteiger partial charge in [-0.3, -0.25) is 19.7 Å².